The fraction of sp³-hybridized carbons (Fsp3) is 0.500. The molecule has 0 amide bonds. The molecule has 1 N–H and O–H groups in total. The molecule has 5 nitrogen and oxygen atoms in total. The van der Waals surface area contributed by atoms with Gasteiger partial charge in [-0.25, -0.2) is 0 Å². The van der Waals surface area contributed by atoms with Crippen molar-refractivity contribution >= 4 is 5.69 Å². The van der Waals surface area contributed by atoms with E-state index >= 15 is 0 Å². The van der Waals surface area contributed by atoms with Crippen LogP contribution in [0.15, 0.2) is 24.3 Å². The van der Waals surface area contributed by atoms with Crippen molar-refractivity contribution in [3.8, 4) is 0 Å². The number of hydrogen-bond donors (Lipinski definition) is 1. The molecule has 1 aromatic carbocycles. The third-order valence-electron chi connectivity index (χ3n) is 2.28. The van der Waals surface area contributed by atoms with Crippen molar-refractivity contribution in [3.63, 3.8) is 0 Å². The van der Waals surface area contributed by atoms with Crippen LogP contribution in [0.25, 0.3) is 0 Å². The molecule has 5 heteroatoms. The van der Waals surface area contributed by atoms with E-state index < -0.39 is 0 Å². The molecule has 0 aromatic heterocycles. The number of para-hydroxylation sites is 1. The second kappa shape index (κ2) is 7.76. The lowest BCUT2D eigenvalue weighted by molar-refractivity contribution is -0.385. The van der Waals surface area contributed by atoms with Crippen LogP contribution in [0.4, 0.5) is 5.69 Å². The van der Waals surface area contributed by atoms with Crippen molar-refractivity contribution < 1.29 is 9.66 Å². The lowest BCUT2D eigenvalue weighted by Crippen LogP contribution is -2.20. The largest absolute Gasteiger partial charge is 0.380 e. The predicted octanol–water partition coefficient (Wildman–Crippen LogP) is 2.11. The molecule has 0 spiro atoms. The Morgan fingerprint density at radius 3 is 2.82 bits per heavy atom. The van der Waals surface area contributed by atoms with Gasteiger partial charge in [-0.15, -0.1) is 0 Å². The Balaban J connectivity index is 2.34. The van der Waals surface area contributed by atoms with Crippen LogP contribution in [0.5, 0.6) is 0 Å². The van der Waals surface area contributed by atoms with E-state index in [2.05, 4.69) is 12.2 Å². The minimum atomic E-state index is -0.357. The average molecular weight is 238 g/mol. The number of benzene rings is 1. The maximum absolute atomic E-state index is 10.7. The van der Waals surface area contributed by atoms with Crippen LogP contribution >= 0.6 is 0 Å². The second-order valence-electron chi connectivity index (χ2n) is 3.67. The monoisotopic (exact) mass is 238 g/mol. The van der Waals surface area contributed by atoms with Gasteiger partial charge in [0.2, 0.25) is 0 Å². The normalized spacial score (nSPS) is 10.4. The Kier molecular flexibility index (Phi) is 6.21. The van der Waals surface area contributed by atoms with Crippen molar-refractivity contribution in [1.82, 2.24) is 5.32 Å². The van der Waals surface area contributed by atoms with Gasteiger partial charge in [0.15, 0.2) is 0 Å². The molecule has 0 saturated heterocycles. The third-order valence-corrected chi connectivity index (χ3v) is 2.28. The van der Waals surface area contributed by atoms with Crippen LogP contribution in [-0.2, 0) is 11.3 Å². The van der Waals surface area contributed by atoms with Gasteiger partial charge < -0.3 is 10.1 Å². The van der Waals surface area contributed by atoms with E-state index in [1.54, 1.807) is 18.2 Å². The number of nitro groups is 1. The molecule has 94 valence electrons. The number of hydrogen-bond acceptors (Lipinski definition) is 4. The van der Waals surface area contributed by atoms with E-state index in [0.717, 1.165) is 13.0 Å². The van der Waals surface area contributed by atoms with Gasteiger partial charge in [-0.2, -0.15) is 0 Å². The van der Waals surface area contributed by atoms with E-state index in [-0.39, 0.29) is 10.6 Å². The summed E-state index contributed by atoms with van der Waals surface area (Å²) >= 11 is 0. The maximum atomic E-state index is 10.7. The van der Waals surface area contributed by atoms with Crippen LogP contribution in [0.3, 0.4) is 0 Å². The van der Waals surface area contributed by atoms with Crippen LogP contribution < -0.4 is 5.32 Å². The molecule has 0 aliphatic heterocycles. The number of nitrogens with zero attached hydrogens (tertiary/aromatic N) is 1. The lowest BCUT2D eigenvalue weighted by atomic mass is 10.2. The zero-order valence-electron chi connectivity index (χ0n) is 10.0. The van der Waals surface area contributed by atoms with Gasteiger partial charge in [0, 0.05) is 31.3 Å². The number of ether oxygens (including phenoxy) is 1. The van der Waals surface area contributed by atoms with Gasteiger partial charge in [0.25, 0.3) is 5.69 Å². The van der Waals surface area contributed by atoms with E-state index in [9.17, 15) is 10.1 Å². The van der Waals surface area contributed by atoms with Crippen LogP contribution in [-0.4, -0.2) is 24.7 Å². The van der Waals surface area contributed by atoms with Crippen molar-refractivity contribution in [2.75, 3.05) is 19.8 Å². The summed E-state index contributed by atoms with van der Waals surface area (Å²) in [5.74, 6) is 0. The number of nitrogens with one attached hydrogen (secondary N) is 1. The van der Waals surface area contributed by atoms with Crippen molar-refractivity contribution in [3.05, 3.63) is 39.9 Å². The summed E-state index contributed by atoms with van der Waals surface area (Å²) in [6.07, 6.45) is 1.00. The predicted molar refractivity (Wildman–Crippen MR) is 65.9 cm³/mol. The summed E-state index contributed by atoms with van der Waals surface area (Å²) in [6, 6.07) is 6.76. The Labute approximate surface area is 101 Å². The highest BCUT2D eigenvalue weighted by Crippen LogP contribution is 2.16. The van der Waals surface area contributed by atoms with E-state index in [0.29, 0.717) is 25.3 Å². The molecule has 0 saturated carbocycles. The molecule has 0 heterocycles. The average Bonchev–Trinajstić information content (AvgIpc) is 2.34. The van der Waals surface area contributed by atoms with Crippen molar-refractivity contribution in [2.45, 2.75) is 19.9 Å². The molecular weight excluding hydrogens is 220 g/mol. The smallest absolute Gasteiger partial charge is 0.273 e. The van der Waals surface area contributed by atoms with E-state index in [1.165, 1.54) is 6.07 Å². The quantitative estimate of drug-likeness (QED) is 0.428. The summed E-state index contributed by atoms with van der Waals surface area (Å²) in [4.78, 5) is 10.4. The molecule has 0 bridgehead atoms. The summed E-state index contributed by atoms with van der Waals surface area (Å²) in [5.41, 5.74) is 0.863. The highest BCUT2D eigenvalue weighted by molar-refractivity contribution is 5.39. The Morgan fingerprint density at radius 2 is 2.12 bits per heavy atom. The van der Waals surface area contributed by atoms with Crippen molar-refractivity contribution in [1.29, 1.82) is 0 Å². The fourth-order valence-corrected chi connectivity index (χ4v) is 1.45. The molecule has 0 fully saturated rings. The molecule has 17 heavy (non-hydrogen) atoms. The first kappa shape index (κ1) is 13.6. The van der Waals surface area contributed by atoms with Crippen LogP contribution in [0, 0.1) is 10.1 Å². The highest BCUT2D eigenvalue weighted by atomic mass is 16.6. The summed E-state index contributed by atoms with van der Waals surface area (Å²) in [6.45, 7) is 4.64. The topological polar surface area (TPSA) is 64.4 Å². The first-order chi connectivity index (χ1) is 8.25. The van der Waals surface area contributed by atoms with E-state index in [4.69, 9.17) is 4.74 Å². The third kappa shape index (κ3) is 4.93. The summed E-state index contributed by atoms with van der Waals surface area (Å²) < 4.78 is 5.30. The minimum Gasteiger partial charge on any atom is -0.380 e. The maximum Gasteiger partial charge on any atom is 0.273 e. The Bertz CT molecular complexity index is 355. The van der Waals surface area contributed by atoms with Gasteiger partial charge in [-0.1, -0.05) is 25.1 Å². The molecule has 0 unspecified atom stereocenters. The molecule has 0 aliphatic carbocycles. The zero-order valence-corrected chi connectivity index (χ0v) is 10.0. The Hall–Kier alpha value is -1.46. The molecule has 1 rings (SSSR count). The molecule has 0 aliphatic rings. The number of rotatable bonds is 8. The van der Waals surface area contributed by atoms with Gasteiger partial charge in [-0.3, -0.25) is 10.1 Å². The van der Waals surface area contributed by atoms with E-state index in [1.807, 2.05) is 0 Å². The summed E-state index contributed by atoms with van der Waals surface area (Å²) in [5, 5.41) is 13.9. The molecule has 0 radical (unpaired) electrons. The highest BCUT2D eigenvalue weighted by Gasteiger charge is 2.10. The minimum absolute atomic E-state index is 0.162. The lowest BCUT2D eigenvalue weighted by Gasteiger charge is -2.06. The second-order valence-corrected chi connectivity index (χ2v) is 3.67. The standard InChI is InChI=1S/C12H18N2O3/c1-2-8-17-9-7-13-10-11-5-3-4-6-12(11)14(15)16/h3-6,13H,2,7-10H2,1H3. The van der Waals surface area contributed by atoms with Gasteiger partial charge >= 0.3 is 0 Å². The molecule has 1 aromatic rings. The zero-order chi connectivity index (χ0) is 12.5. The molecule has 0 atom stereocenters. The Morgan fingerprint density at radius 1 is 1.35 bits per heavy atom. The molecular formula is C12H18N2O3. The van der Waals surface area contributed by atoms with Crippen LogP contribution in [0.2, 0.25) is 0 Å². The first-order valence-electron chi connectivity index (χ1n) is 5.76. The fourth-order valence-electron chi connectivity index (χ4n) is 1.45. The first-order valence-corrected chi connectivity index (χ1v) is 5.76. The van der Waals surface area contributed by atoms with Crippen molar-refractivity contribution in [2.24, 2.45) is 0 Å². The van der Waals surface area contributed by atoms with Gasteiger partial charge in [-0.05, 0) is 6.42 Å². The number of nitro benzene ring substituents is 1. The summed E-state index contributed by atoms with van der Waals surface area (Å²) in [7, 11) is 0. The van der Waals surface area contributed by atoms with Gasteiger partial charge in [0.05, 0.1) is 11.5 Å². The van der Waals surface area contributed by atoms with Gasteiger partial charge in [0.1, 0.15) is 0 Å². The van der Waals surface area contributed by atoms with Crippen LogP contribution in [0.1, 0.15) is 18.9 Å². The SMILES string of the molecule is CCCOCCNCc1ccccc1[N+](=O)[O-].